The highest BCUT2D eigenvalue weighted by Gasteiger charge is 2.26. The van der Waals surface area contributed by atoms with Crippen LogP contribution in [0.3, 0.4) is 0 Å². The minimum Gasteiger partial charge on any atom is -0.368 e. The Balaban J connectivity index is 1.59. The number of benzene rings is 1. The third kappa shape index (κ3) is 3.82. The van der Waals surface area contributed by atoms with E-state index in [4.69, 9.17) is 5.73 Å². The van der Waals surface area contributed by atoms with Gasteiger partial charge in [-0.05, 0) is 55.3 Å². The summed E-state index contributed by atoms with van der Waals surface area (Å²) in [5.74, 6) is -0.460. The van der Waals surface area contributed by atoms with E-state index in [1.807, 2.05) is 0 Å². The van der Waals surface area contributed by atoms with Crippen molar-refractivity contribution >= 4 is 11.6 Å². The zero-order valence-electron chi connectivity index (χ0n) is 18.4. The van der Waals surface area contributed by atoms with Crippen LogP contribution in [0.4, 0.5) is 14.7 Å². The van der Waals surface area contributed by atoms with Crippen LogP contribution in [-0.4, -0.2) is 29.1 Å². The average Bonchev–Trinajstić information content (AvgIpc) is 3.61. The maximum atomic E-state index is 14.2. The van der Waals surface area contributed by atoms with E-state index >= 15 is 0 Å². The Bertz CT molecular complexity index is 1640. The largest absolute Gasteiger partial charge is 0.368 e. The smallest absolute Gasteiger partial charge is 0.250 e. The van der Waals surface area contributed by atoms with Gasteiger partial charge in [0.2, 0.25) is 5.95 Å². The quantitative estimate of drug-likeness (QED) is 0.418. The van der Waals surface area contributed by atoms with Gasteiger partial charge in [-0.1, -0.05) is 0 Å². The van der Waals surface area contributed by atoms with Crippen LogP contribution >= 0.6 is 0 Å². The molecule has 1 aliphatic rings. The summed E-state index contributed by atoms with van der Waals surface area (Å²) in [6.45, 7) is 0. The Kier molecular flexibility index (Phi) is 4.87. The van der Waals surface area contributed by atoms with Crippen molar-refractivity contribution in [3.05, 3.63) is 94.4 Å². The molecule has 0 aliphatic heterocycles. The lowest BCUT2D eigenvalue weighted by atomic mass is 10.0. The number of aromatic nitrogens is 6. The van der Waals surface area contributed by atoms with Crippen LogP contribution in [0.5, 0.6) is 0 Å². The number of nitrogen functional groups attached to an aromatic ring is 1. The van der Waals surface area contributed by atoms with E-state index in [2.05, 4.69) is 20.1 Å². The molecule has 1 aromatic carbocycles. The average molecular weight is 471 g/mol. The van der Waals surface area contributed by atoms with Crippen LogP contribution in [-0.2, 0) is 6.42 Å². The maximum absolute atomic E-state index is 14.2. The van der Waals surface area contributed by atoms with Gasteiger partial charge < -0.3 is 10.3 Å². The molecule has 0 bridgehead atoms. The normalized spacial score (nSPS) is 13.4. The zero-order valence-corrected chi connectivity index (χ0v) is 18.4. The van der Waals surface area contributed by atoms with E-state index in [1.54, 1.807) is 29.0 Å². The van der Waals surface area contributed by atoms with Crippen molar-refractivity contribution in [3.63, 3.8) is 0 Å². The molecule has 0 saturated heterocycles. The second-order valence-electron chi connectivity index (χ2n) is 8.47. The highest BCUT2D eigenvalue weighted by molar-refractivity contribution is 5.90. The number of hydrogen-bond donors (Lipinski definition) is 1. The van der Waals surface area contributed by atoms with Crippen molar-refractivity contribution in [1.29, 1.82) is 0 Å². The molecule has 4 aromatic heterocycles. The van der Waals surface area contributed by atoms with Crippen molar-refractivity contribution in [1.82, 2.24) is 29.1 Å². The third-order valence-electron chi connectivity index (χ3n) is 6.00. The highest BCUT2D eigenvalue weighted by atomic mass is 19.1. The van der Waals surface area contributed by atoms with Crippen LogP contribution < -0.4 is 11.3 Å². The first-order chi connectivity index (χ1) is 17.0. The molecule has 35 heavy (non-hydrogen) atoms. The molecule has 5 aromatic rings. The summed E-state index contributed by atoms with van der Waals surface area (Å²) >= 11 is 0. The van der Waals surface area contributed by atoms with Crippen molar-refractivity contribution in [2.24, 2.45) is 0 Å². The molecule has 10 heteroatoms. The first-order valence-electron chi connectivity index (χ1n) is 11.1. The standard InChI is InChI=1S/C25H19F2N7O/c26-16-6-3-14(4-7-16)23-22(15-5-10-21(35)33(13-15)17-8-9-17)24-30-20(32-34(24)25(28)31-23)12-19-18(27)2-1-11-29-19/h1-7,10-11,13,17H,8-9,12H2,(H2,28,31). The molecule has 8 nitrogen and oxygen atoms in total. The van der Waals surface area contributed by atoms with E-state index in [1.165, 1.54) is 41.0 Å². The van der Waals surface area contributed by atoms with Crippen molar-refractivity contribution < 1.29 is 8.78 Å². The summed E-state index contributed by atoms with van der Waals surface area (Å²) in [6.07, 6.45) is 5.22. The fourth-order valence-corrected chi connectivity index (χ4v) is 4.15. The van der Waals surface area contributed by atoms with Gasteiger partial charge in [-0.3, -0.25) is 9.78 Å². The predicted molar refractivity (Wildman–Crippen MR) is 126 cm³/mol. The van der Waals surface area contributed by atoms with Gasteiger partial charge >= 0.3 is 0 Å². The Hall–Kier alpha value is -4.47. The Morgan fingerprint density at radius 2 is 1.77 bits per heavy atom. The zero-order chi connectivity index (χ0) is 24.1. The Morgan fingerprint density at radius 1 is 1.00 bits per heavy atom. The lowest BCUT2D eigenvalue weighted by molar-refractivity contribution is 0.601. The molecule has 1 aliphatic carbocycles. The molecule has 0 radical (unpaired) electrons. The van der Waals surface area contributed by atoms with Gasteiger partial charge in [0, 0.05) is 35.6 Å². The van der Waals surface area contributed by atoms with E-state index in [0.717, 1.165) is 12.8 Å². The summed E-state index contributed by atoms with van der Waals surface area (Å²) in [6, 6.07) is 12.1. The summed E-state index contributed by atoms with van der Waals surface area (Å²) < 4.78 is 31.0. The number of anilines is 1. The lowest BCUT2D eigenvalue weighted by Crippen LogP contribution is -2.17. The number of fused-ring (bicyclic) bond motifs is 1. The second-order valence-corrected chi connectivity index (χ2v) is 8.47. The number of pyridine rings is 2. The van der Waals surface area contributed by atoms with Gasteiger partial charge in [0.25, 0.3) is 5.56 Å². The fraction of sp³-hybridized carbons (Fsp3) is 0.160. The Labute approximate surface area is 197 Å². The summed E-state index contributed by atoms with van der Waals surface area (Å²) in [4.78, 5) is 25.8. The highest BCUT2D eigenvalue weighted by Crippen LogP contribution is 2.37. The summed E-state index contributed by atoms with van der Waals surface area (Å²) in [7, 11) is 0. The minimum atomic E-state index is -0.457. The van der Waals surface area contributed by atoms with Crippen molar-refractivity contribution in [3.8, 4) is 22.4 Å². The molecule has 4 heterocycles. The van der Waals surface area contributed by atoms with Crippen LogP contribution in [0.1, 0.15) is 30.4 Å². The van der Waals surface area contributed by atoms with Gasteiger partial charge in [-0.15, -0.1) is 5.10 Å². The number of rotatable bonds is 5. The van der Waals surface area contributed by atoms with E-state index in [9.17, 15) is 13.6 Å². The maximum Gasteiger partial charge on any atom is 0.250 e. The van der Waals surface area contributed by atoms with Gasteiger partial charge in [0.05, 0.1) is 23.4 Å². The van der Waals surface area contributed by atoms with E-state index < -0.39 is 5.82 Å². The van der Waals surface area contributed by atoms with Crippen LogP contribution in [0.2, 0.25) is 0 Å². The molecule has 1 saturated carbocycles. The fourth-order valence-electron chi connectivity index (χ4n) is 4.15. The number of nitrogens with zero attached hydrogens (tertiary/aromatic N) is 6. The predicted octanol–water partition coefficient (Wildman–Crippen LogP) is 3.80. The SMILES string of the molecule is Nc1nc(-c2ccc(F)cc2)c(-c2ccc(=O)n(C3CC3)c2)c2nc(Cc3ncccc3F)nn12. The molecule has 0 spiro atoms. The first-order valence-corrected chi connectivity index (χ1v) is 11.1. The number of hydrogen-bond acceptors (Lipinski definition) is 6. The first kappa shape index (κ1) is 21.1. The van der Waals surface area contributed by atoms with Crippen molar-refractivity contribution in [2.45, 2.75) is 25.3 Å². The van der Waals surface area contributed by atoms with Crippen LogP contribution in [0, 0.1) is 11.6 Å². The molecule has 2 N–H and O–H groups in total. The van der Waals surface area contributed by atoms with E-state index in [-0.39, 0.29) is 35.5 Å². The van der Waals surface area contributed by atoms with E-state index in [0.29, 0.717) is 33.9 Å². The molecule has 6 rings (SSSR count). The Morgan fingerprint density at radius 3 is 2.51 bits per heavy atom. The number of halogens is 2. The molecular weight excluding hydrogens is 452 g/mol. The second kappa shape index (κ2) is 8.08. The van der Waals surface area contributed by atoms with Gasteiger partial charge in [-0.25, -0.2) is 18.7 Å². The van der Waals surface area contributed by atoms with Crippen LogP contribution in [0.15, 0.2) is 65.7 Å². The lowest BCUT2D eigenvalue weighted by Gasteiger charge is -2.13. The molecular formula is C25H19F2N7O. The summed E-state index contributed by atoms with van der Waals surface area (Å²) in [5.41, 5.74) is 9.13. The topological polar surface area (TPSA) is 104 Å². The monoisotopic (exact) mass is 471 g/mol. The third-order valence-corrected chi connectivity index (χ3v) is 6.00. The molecule has 0 amide bonds. The molecule has 174 valence electrons. The molecule has 0 unspecified atom stereocenters. The summed E-state index contributed by atoms with van der Waals surface area (Å²) in [5, 5.41) is 4.45. The van der Waals surface area contributed by atoms with Crippen molar-refractivity contribution in [2.75, 3.05) is 5.73 Å². The molecule has 1 fully saturated rings. The molecule has 0 atom stereocenters. The van der Waals surface area contributed by atoms with Gasteiger partial charge in [0.1, 0.15) is 11.6 Å². The number of nitrogens with two attached hydrogens (primary N) is 1. The van der Waals surface area contributed by atoms with Gasteiger partial charge in [0.15, 0.2) is 11.5 Å². The minimum absolute atomic E-state index is 0.0562. The van der Waals surface area contributed by atoms with Gasteiger partial charge in [-0.2, -0.15) is 4.52 Å². The van der Waals surface area contributed by atoms with Crippen LogP contribution in [0.25, 0.3) is 28.0 Å².